The number of nitrogens with one attached hydrogen (secondary N) is 1. The third-order valence-electron chi connectivity index (χ3n) is 3.89. The molecule has 0 unspecified atom stereocenters. The summed E-state index contributed by atoms with van der Waals surface area (Å²) in [5, 5.41) is 3.34. The van der Waals surface area contributed by atoms with Crippen LogP contribution in [0.3, 0.4) is 0 Å². The van der Waals surface area contributed by atoms with Crippen molar-refractivity contribution >= 4 is 11.5 Å². The molecule has 0 radical (unpaired) electrons. The molecule has 2 aliphatic heterocycles. The molecule has 0 bridgehead atoms. The number of rotatable bonds is 1. The number of carbonyl (C=O) groups excluding carboxylic acids is 1. The van der Waals surface area contributed by atoms with Gasteiger partial charge in [0.1, 0.15) is 6.61 Å². The number of hydrogen-bond acceptors (Lipinski definition) is 4. The molecule has 1 fully saturated rings. The van der Waals surface area contributed by atoms with Crippen molar-refractivity contribution in [1.82, 2.24) is 5.32 Å². The van der Waals surface area contributed by atoms with Gasteiger partial charge in [-0.1, -0.05) is 6.07 Å². The molecule has 2 aliphatic rings. The molecule has 1 N–H and O–H groups in total. The number of ether oxygens (including phenoxy) is 1. The topological polar surface area (TPSA) is 41.6 Å². The van der Waals surface area contributed by atoms with Crippen LogP contribution in [0.1, 0.15) is 24.2 Å². The second-order valence-electron chi connectivity index (χ2n) is 5.89. The van der Waals surface area contributed by atoms with E-state index in [-0.39, 0.29) is 5.78 Å². The molecule has 4 heteroatoms. The first-order valence-electron chi connectivity index (χ1n) is 6.86. The molecule has 0 aromatic heterocycles. The zero-order valence-corrected chi connectivity index (χ0v) is 11.5. The monoisotopic (exact) mass is 260 g/mol. The van der Waals surface area contributed by atoms with Crippen LogP contribution in [0.2, 0.25) is 0 Å². The minimum atomic E-state index is -0.422. The van der Waals surface area contributed by atoms with E-state index in [1.54, 1.807) is 0 Å². The maximum Gasteiger partial charge on any atom is 0.175 e. The highest BCUT2D eigenvalue weighted by Gasteiger charge is 2.37. The molecular formula is C15H20N2O2. The molecule has 0 spiro atoms. The van der Waals surface area contributed by atoms with Gasteiger partial charge in [0.2, 0.25) is 0 Å². The minimum absolute atomic E-state index is 0.186. The summed E-state index contributed by atoms with van der Waals surface area (Å²) < 4.78 is 5.91. The Hall–Kier alpha value is -1.55. The lowest BCUT2D eigenvalue weighted by atomic mass is 9.82. The zero-order chi connectivity index (χ0) is 13.5. The Kier molecular flexibility index (Phi) is 2.97. The van der Waals surface area contributed by atoms with Crippen LogP contribution in [-0.2, 0) is 0 Å². The lowest BCUT2D eigenvalue weighted by Gasteiger charge is -2.35. The molecule has 1 aromatic carbocycles. The van der Waals surface area contributed by atoms with Gasteiger partial charge in [-0.05, 0) is 26.0 Å². The highest BCUT2D eigenvalue weighted by atomic mass is 16.5. The molecule has 0 atom stereocenters. The van der Waals surface area contributed by atoms with Crippen molar-refractivity contribution in [2.45, 2.75) is 13.8 Å². The van der Waals surface area contributed by atoms with Gasteiger partial charge >= 0.3 is 0 Å². The van der Waals surface area contributed by atoms with E-state index in [1.807, 2.05) is 26.0 Å². The Balaban J connectivity index is 2.00. The molecule has 102 valence electrons. The van der Waals surface area contributed by atoms with Gasteiger partial charge in [0.05, 0.1) is 16.7 Å². The zero-order valence-electron chi connectivity index (χ0n) is 11.5. The minimum Gasteiger partial charge on any atom is -0.490 e. The van der Waals surface area contributed by atoms with Crippen molar-refractivity contribution in [2.75, 3.05) is 37.7 Å². The molecule has 0 amide bonds. The number of carbonyl (C=O) groups is 1. The first-order chi connectivity index (χ1) is 9.09. The predicted molar refractivity (Wildman–Crippen MR) is 75.1 cm³/mol. The molecule has 0 saturated carbocycles. The fraction of sp³-hybridized carbons (Fsp3) is 0.533. The van der Waals surface area contributed by atoms with Crippen molar-refractivity contribution in [3.63, 3.8) is 0 Å². The second kappa shape index (κ2) is 4.53. The van der Waals surface area contributed by atoms with Crippen LogP contribution in [-0.4, -0.2) is 38.6 Å². The molecule has 0 aliphatic carbocycles. The van der Waals surface area contributed by atoms with Crippen LogP contribution in [0, 0.1) is 5.41 Å². The lowest BCUT2D eigenvalue weighted by molar-refractivity contribution is 0.0693. The van der Waals surface area contributed by atoms with Gasteiger partial charge in [-0.25, -0.2) is 0 Å². The molecule has 1 aromatic rings. The highest BCUT2D eigenvalue weighted by Crippen LogP contribution is 2.40. The summed E-state index contributed by atoms with van der Waals surface area (Å²) in [6.45, 7) is 8.20. The van der Waals surface area contributed by atoms with Crippen molar-refractivity contribution in [3.8, 4) is 5.75 Å². The summed E-state index contributed by atoms with van der Waals surface area (Å²) in [5.41, 5.74) is 1.37. The number of Topliss-reactive ketones (excluding diaryl/α,β-unsaturated/α-hetero) is 1. The standard InChI is InChI=1S/C15H20N2O2/c1-15(2)10-19-13-11(14(15)18)4-3-5-12(13)17-8-6-16-7-9-17/h3-5,16H,6-10H2,1-2H3. The largest absolute Gasteiger partial charge is 0.490 e. The van der Waals surface area contributed by atoms with Crippen LogP contribution in [0.25, 0.3) is 0 Å². The van der Waals surface area contributed by atoms with E-state index in [1.165, 1.54) is 0 Å². The van der Waals surface area contributed by atoms with Gasteiger partial charge in [-0.15, -0.1) is 0 Å². The number of nitrogens with zero attached hydrogens (tertiary/aromatic N) is 1. The lowest BCUT2D eigenvalue weighted by Crippen LogP contribution is -2.44. The van der Waals surface area contributed by atoms with Crippen LogP contribution in [0.4, 0.5) is 5.69 Å². The van der Waals surface area contributed by atoms with Gasteiger partial charge in [0.15, 0.2) is 11.5 Å². The quantitative estimate of drug-likeness (QED) is 0.834. The smallest absolute Gasteiger partial charge is 0.175 e. The maximum absolute atomic E-state index is 12.5. The van der Waals surface area contributed by atoms with E-state index < -0.39 is 5.41 Å². The van der Waals surface area contributed by atoms with Crippen molar-refractivity contribution < 1.29 is 9.53 Å². The summed E-state index contributed by atoms with van der Waals surface area (Å²) in [7, 11) is 0. The van der Waals surface area contributed by atoms with Crippen LogP contribution < -0.4 is 15.0 Å². The molecule has 4 nitrogen and oxygen atoms in total. The van der Waals surface area contributed by atoms with Gasteiger partial charge < -0.3 is 15.0 Å². The summed E-state index contributed by atoms with van der Waals surface area (Å²) in [4.78, 5) is 14.8. The van der Waals surface area contributed by atoms with Crippen LogP contribution >= 0.6 is 0 Å². The van der Waals surface area contributed by atoms with Crippen LogP contribution in [0.5, 0.6) is 5.75 Å². The molecule has 19 heavy (non-hydrogen) atoms. The first kappa shape index (κ1) is 12.5. The number of fused-ring (bicyclic) bond motifs is 1. The number of piperazine rings is 1. The summed E-state index contributed by atoms with van der Waals surface area (Å²) in [6.07, 6.45) is 0. The van der Waals surface area contributed by atoms with E-state index in [4.69, 9.17) is 4.74 Å². The van der Waals surface area contributed by atoms with Crippen molar-refractivity contribution in [2.24, 2.45) is 5.41 Å². The first-order valence-corrected chi connectivity index (χ1v) is 6.86. The van der Waals surface area contributed by atoms with E-state index in [0.29, 0.717) is 6.61 Å². The van der Waals surface area contributed by atoms with Crippen LogP contribution in [0.15, 0.2) is 18.2 Å². The Morgan fingerprint density at radius 2 is 2.00 bits per heavy atom. The van der Waals surface area contributed by atoms with Gasteiger partial charge in [0.25, 0.3) is 0 Å². The van der Waals surface area contributed by atoms with E-state index in [2.05, 4.69) is 16.3 Å². The molecular weight excluding hydrogens is 240 g/mol. The SMILES string of the molecule is CC1(C)COc2c(cccc2N2CCNCC2)C1=O. The number of anilines is 1. The number of ketones is 1. The average molecular weight is 260 g/mol. The van der Waals surface area contributed by atoms with Gasteiger partial charge in [-0.3, -0.25) is 4.79 Å². The Labute approximate surface area is 113 Å². The van der Waals surface area contributed by atoms with E-state index in [0.717, 1.165) is 43.2 Å². The number of benzene rings is 1. The average Bonchev–Trinajstić information content (AvgIpc) is 2.44. The summed E-state index contributed by atoms with van der Waals surface area (Å²) in [5.74, 6) is 0.958. The van der Waals surface area contributed by atoms with Crippen molar-refractivity contribution in [3.05, 3.63) is 23.8 Å². The molecule has 2 heterocycles. The third-order valence-corrected chi connectivity index (χ3v) is 3.89. The molecule has 3 rings (SSSR count). The number of para-hydroxylation sites is 1. The van der Waals surface area contributed by atoms with Crippen molar-refractivity contribution in [1.29, 1.82) is 0 Å². The van der Waals surface area contributed by atoms with Gasteiger partial charge in [-0.2, -0.15) is 0 Å². The second-order valence-corrected chi connectivity index (χ2v) is 5.89. The summed E-state index contributed by atoms with van der Waals surface area (Å²) in [6, 6.07) is 5.89. The summed E-state index contributed by atoms with van der Waals surface area (Å²) >= 11 is 0. The Morgan fingerprint density at radius 3 is 2.74 bits per heavy atom. The van der Waals surface area contributed by atoms with Gasteiger partial charge in [0, 0.05) is 26.2 Å². The highest BCUT2D eigenvalue weighted by molar-refractivity contribution is 6.04. The number of hydrogen-bond donors (Lipinski definition) is 1. The Bertz CT molecular complexity index is 505. The Morgan fingerprint density at radius 1 is 1.26 bits per heavy atom. The fourth-order valence-corrected chi connectivity index (χ4v) is 2.69. The predicted octanol–water partition coefficient (Wildman–Crippen LogP) is 1.70. The van der Waals surface area contributed by atoms with E-state index in [9.17, 15) is 4.79 Å². The normalized spacial score (nSPS) is 21.8. The maximum atomic E-state index is 12.5. The van der Waals surface area contributed by atoms with E-state index >= 15 is 0 Å². The third kappa shape index (κ3) is 2.10. The fourth-order valence-electron chi connectivity index (χ4n) is 2.69. The molecule has 1 saturated heterocycles.